The van der Waals surface area contributed by atoms with Crippen LogP contribution in [0.1, 0.15) is 30.2 Å². The van der Waals surface area contributed by atoms with E-state index in [1.165, 1.54) is 5.56 Å². The molecule has 0 aliphatic heterocycles. The van der Waals surface area contributed by atoms with Gasteiger partial charge in [-0.3, -0.25) is 0 Å². The van der Waals surface area contributed by atoms with Crippen LogP contribution in [0.15, 0.2) is 30.3 Å². The van der Waals surface area contributed by atoms with Gasteiger partial charge in [0.2, 0.25) is 5.88 Å². The van der Waals surface area contributed by atoms with Crippen LogP contribution < -0.4 is 9.47 Å². The standard InChI is InChI=1S/C17H16N2O2/c1-2-20-14-6-8-15(9-7-14)21-17-13(11-18)10-12-4-3-5-16(12)19-17/h6-10H,2-5H2,1H3. The van der Waals surface area contributed by atoms with Crippen molar-refractivity contribution in [2.24, 2.45) is 0 Å². The zero-order valence-electron chi connectivity index (χ0n) is 11.9. The fraction of sp³-hybridized carbons (Fsp3) is 0.294. The molecule has 0 bridgehead atoms. The molecule has 1 aromatic carbocycles. The molecule has 0 N–H and O–H groups in total. The average Bonchev–Trinajstić information content (AvgIpc) is 2.96. The van der Waals surface area contributed by atoms with Crippen LogP contribution in [-0.4, -0.2) is 11.6 Å². The van der Waals surface area contributed by atoms with Crippen LogP contribution in [0.4, 0.5) is 0 Å². The number of nitrogens with zero attached hydrogens (tertiary/aromatic N) is 2. The fourth-order valence-corrected chi connectivity index (χ4v) is 2.49. The van der Waals surface area contributed by atoms with Gasteiger partial charge in [-0.1, -0.05) is 0 Å². The minimum atomic E-state index is 0.391. The number of aromatic nitrogens is 1. The van der Waals surface area contributed by atoms with E-state index in [0.717, 1.165) is 30.7 Å². The lowest BCUT2D eigenvalue weighted by Crippen LogP contribution is -1.97. The molecule has 3 rings (SSSR count). The molecule has 0 unspecified atom stereocenters. The van der Waals surface area contributed by atoms with Gasteiger partial charge in [0.1, 0.15) is 23.1 Å². The van der Waals surface area contributed by atoms with Gasteiger partial charge in [-0.25, -0.2) is 4.98 Å². The fourth-order valence-electron chi connectivity index (χ4n) is 2.49. The lowest BCUT2D eigenvalue weighted by atomic mass is 10.1. The van der Waals surface area contributed by atoms with Gasteiger partial charge in [0.15, 0.2) is 0 Å². The summed E-state index contributed by atoms with van der Waals surface area (Å²) in [6, 6.07) is 11.4. The first-order valence-corrected chi connectivity index (χ1v) is 7.13. The maximum Gasteiger partial charge on any atom is 0.237 e. The highest BCUT2D eigenvalue weighted by atomic mass is 16.5. The van der Waals surface area contributed by atoms with Crippen molar-refractivity contribution in [1.29, 1.82) is 5.26 Å². The van der Waals surface area contributed by atoms with E-state index in [-0.39, 0.29) is 0 Å². The Hall–Kier alpha value is -2.54. The van der Waals surface area contributed by atoms with Crippen LogP contribution >= 0.6 is 0 Å². The van der Waals surface area contributed by atoms with Crippen molar-refractivity contribution in [3.05, 3.63) is 47.2 Å². The summed E-state index contributed by atoms with van der Waals surface area (Å²) in [6.45, 7) is 2.57. The summed E-state index contributed by atoms with van der Waals surface area (Å²) in [5.74, 6) is 1.84. The molecule has 0 saturated heterocycles. The summed E-state index contributed by atoms with van der Waals surface area (Å²) in [7, 11) is 0. The van der Waals surface area contributed by atoms with Gasteiger partial charge in [-0.05, 0) is 62.1 Å². The SMILES string of the molecule is CCOc1ccc(Oc2nc3c(cc2C#N)CCC3)cc1. The molecule has 0 radical (unpaired) electrons. The molecule has 21 heavy (non-hydrogen) atoms. The smallest absolute Gasteiger partial charge is 0.237 e. The molecule has 1 aliphatic carbocycles. The van der Waals surface area contributed by atoms with Crippen LogP contribution in [0.5, 0.6) is 17.4 Å². The topological polar surface area (TPSA) is 55.1 Å². The molecule has 1 aliphatic rings. The zero-order chi connectivity index (χ0) is 14.7. The minimum Gasteiger partial charge on any atom is -0.494 e. The maximum atomic E-state index is 9.25. The van der Waals surface area contributed by atoms with Crippen molar-refractivity contribution < 1.29 is 9.47 Å². The summed E-state index contributed by atoms with van der Waals surface area (Å²) in [5, 5.41) is 9.25. The minimum absolute atomic E-state index is 0.391. The van der Waals surface area contributed by atoms with Gasteiger partial charge in [-0.15, -0.1) is 0 Å². The zero-order valence-corrected chi connectivity index (χ0v) is 11.9. The Balaban J connectivity index is 1.86. The van der Waals surface area contributed by atoms with Gasteiger partial charge in [0.05, 0.1) is 6.61 Å². The van der Waals surface area contributed by atoms with Gasteiger partial charge in [-0.2, -0.15) is 5.26 Å². The maximum absolute atomic E-state index is 9.25. The lowest BCUT2D eigenvalue weighted by molar-refractivity contribution is 0.339. The van der Waals surface area contributed by atoms with Crippen molar-refractivity contribution in [3.63, 3.8) is 0 Å². The first-order chi connectivity index (χ1) is 10.3. The highest BCUT2D eigenvalue weighted by molar-refractivity contribution is 5.46. The molecule has 1 heterocycles. The Morgan fingerprint density at radius 3 is 2.67 bits per heavy atom. The van der Waals surface area contributed by atoms with Gasteiger partial charge in [0.25, 0.3) is 0 Å². The number of hydrogen-bond donors (Lipinski definition) is 0. The number of pyridine rings is 1. The molecule has 106 valence electrons. The summed E-state index contributed by atoms with van der Waals surface area (Å²) in [5.41, 5.74) is 2.71. The second kappa shape index (κ2) is 5.84. The van der Waals surface area contributed by atoms with Crippen molar-refractivity contribution in [2.75, 3.05) is 6.61 Å². The molecule has 0 amide bonds. The Labute approximate surface area is 124 Å². The number of nitriles is 1. The molecule has 0 spiro atoms. The van der Waals surface area contributed by atoms with E-state index in [4.69, 9.17) is 9.47 Å². The van der Waals surface area contributed by atoms with E-state index in [2.05, 4.69) is 11.1 Å². The van der Waals surface area contributed by atoms with E-state index < -0.39 is 0 Å². The van der Waals surface area contributed by atoms with Gasteiger partial charge < -0.3 is 9.47 Å². The summed E-state index contributed by atoms with van der Waals surface area (Å²) >= 11 is 0. The summed E-state index contributed by atoms with van der Waals surface area (Å²) < 4.78 is 11.2. The first kappa shape index (κ1) is 13.4. The Bertz CT molecular complexity index is 687. The van der Waals surface area contributed by atoms with Crippen LogP contribution in [0, 0.1) is 11.3 Å². The first-order valence-electron chi connectivity index (χ1n) is 7.13. The third kappa shape index (κ3) is 2.82. The van der Waals surface area contributed by atoms with Crippen molar-refractivity contribution in [3.8, 4) is 23.4 Å². The quantitative estimate of drug-likeness (QED) is 0.858. The van der Waals surface area contributed by atoms with E-state index in [1.807, 2.05) is 37.3 Å². The Kier molecular flexibility index (Phi) is 3.74. The number of benzene rings is 1. The van der Waals surface area contributed by atoms with Gasteiger partial charge in [0, 0.05) is 5.69 Å². The van der Waals surface area contributed by atoms with Crippen molar-refractivity contribution in [1.82, 2.24) is 4.98 Å². The predicted octanol–water partition coefficient (Wildman–Crippen LogP) is 3.63. The van der Waals surface area contributed by atoms with Crippen LogP contribution in [-0.2, 0) is 12.8 Å². The van der Waals surface area contributed by atoms with Gasteiger partial charge >= 0.3 is 0 Å². The highest BCUT2D eigenvalue weighted by Crippen LogP contribution is 2.29. The highest BCUT2D eigenvalue weighted by Gasteiger charge is 2.17. The van der Waals surface area contributed by atoms with Crippen molar-refractivity contribution >= 4 is 0 Å². The molecular formula is C17H16N2O2. The van der Waals surface area contributed by atoms with E-state index >= 15 is 0 Å². The lowest BCUT2D eigenvalue weighted by Gasteiger charge is -2.09. The third-order valence-electron chi connectivity index (χ3n) is 3.49. The molecule has 0 saturated carbocycles. The largest absolute Gasteiger partial charge is 0.494 e. The van der Waals surface area contributed by atoms with Crippen molar-refractivity contribution in [2.45, 2.75) is 26.2 Å². The molecule has 0 atom stereocenters. The van der Waals surface area contributed by atoms with Crippen LogP contribution in [0.25, 0.3) is 0 Å². The third-order valence-corrected chi connectivity index (χ3v) is 3.49. The second-order valence-corrected chi connectivity index (χ2v) is 4.92. The summed E-state index contributed by atoms with van der Waals surface area (Å²) in [6.07, 6.45) is 3.06. The van der Waals surface area contributed by atoms with E-state index in [1.54, 1.807) is 0 Å². The number of aryl methyl sites for hydroxylation is 2. The second-order valence-electron chi connectivity index (χ2n) is 4.92. The Morgan fingerprint density at radius 2 is 1.95 bits per heavy atom. The number of fused-ring (bicyclic) bond motifs is 1. The molecule has 2 aromatic rings. The number of hydrogen-bond acceptors (Lipinski definition) is 4. The van der Waals surface area contributed by atoms with E-state index in [9.17, 15) is 5.26 Å². The summed E-state index contributed by atoms with van der Waals surface area (Å²) in [4.78, 5) is 4.50. The molecule has 1 aromatic heterocycles. The predicted molar refractivity (Wildman–Crippen MR) is 78.7 cm³/mol. The van der Waals surface area contributed by atoms with E-state index in [0.29, 0.717) is 23.8 Å². The van der Waals surface area contributed by atoms with Crippen LogP contribution in [0.2, 0.25) is 0 Å². The molecule has 4 heteroatoms. The molecule has 0 fully saturated rings. The normalized spacial score (nSPS) is 12.6. The number of ether oxygens (including phenoxy) is 2. The molecule has 4 nitrogen and oxygen atoms in total. The molecular weight excluding hydrogens is 264 g/mol. The monoisotopic (exact) mass is 280 g/mol. The van der Waals surface area contributed by atoms with Crippen LogP contribution in [0.3, 0.4) is 0 Å². The average molecular weight is 280 g/mol. The number of rotatable bonds is 4. The Morgan fingerprint density at radius 1 is 1.19 bits per heavy atom.